The molecule has 0 saturated heterocycles. The van der Waals surface area contributed by atoms with Crippen LogP contribution in [0.25, 0.3) is 0 Å². The van der Waals surface area contributed by atoms with Gasteiger partial charge in [0.05, 0.1) is 18.2 Å². The number of nitrogens with one attached hydrogen (secondary N) is 2. The Hall–Kier alpha value is -3.68. The Morgan fingerprint density at radius 3 is 2.31 bits per heavy atom. The lowest BCUT2D eigenvalue weighted by atomic mass is 10.0. The van der Waals surface area contributed by atoms with E-state index in [1.54, 1.807) is 4.72 Å². The van der Waals surface area contributed by atoms with Gasteiger partial charge in [-0.25, -0.2) is 17.2 Å². The number of rotatable bonds is 8. The monoisotopic (exact) mass is 533 g/mol. The van der Waals surface area contributed by atoms with Crippen molar-refractivity contribution in [1.29, 1.82) is 0 Å². The summed E-state index contributed by atoms with van der Waals surface area (Å²) in [5.74, 6) is -4.91. The minimum atomic E-state index is -4.44. The van der Waals surface area contributed by atoms with Crippen molar-refractivity contribution in [3.8, 4) is 11.8 Å². The van der Waals surface area contributed by atoms with Crippen molar-refractivity contribution in [2.45, 2.75) is 32.0 Å². The Bertz CT molecular complexity index is 1350. The SMILES string of the molecule is CC(c1cccc(Oc2nc(C(=O)N[C@H](C)c3cc(F)c(NS(C)(=O)=O)c(F)c3)co2)c1)C(F)(F)F. The predicted octanol–water partition coefficient (Wildman–Crippen LogP) is 5.27. The Morgan fingerprint density at radius 1 is 1.08 bits per heavy atom. The van der Waals surface area contributed by atoms with Gasteiger partial charge in [0, 0.05) is 0 Å². The molecule has 2 atom stereocenters. The summed E-state index contributed by atoms with van der Waals surface area (Å²) in [5.41, 5.74) is -1.18. The molecule has 0 radical (unpaired) electrons. The number of amides is 1. The molecule has 0 aliphatic rings. The number of sulfonamides is 1. The van der Waals surface area contributed by atoms with E-state index in [2.05, 4.69) is 10.3 Å². The highest BCUT2D eigenvalue weighted by molar-refractivity contribution is 7.92. The van der Waals surface area contributed by atoms with Crippen LogP contribution in [0, 0.1) is 11.6 Å². The molecule has 2 N–H and O–H groups in total. The maximum Gasteiger partial charge on any atom is 0.399 e. The highest BCUT2D eigenvalue weighted by atomic mass is 32.2. The van der Waals surface area contributed by atoms with Gasteiger partial charge in [-0.3, -0.25) is 9.52 Å². The van der Waals surface area contributed by atoms with Gasteiger partial charge in [0.1, 0.15) is 17.7 Å². The molecule has 8 nitrogen and oxygen atoms in total. The van der Waals surface area contributed by atoms with Gasteiger partial charge < -0.3 is 14.5 Å². The molecule has 0 bridgehead atoms. The highest BCUT2D eigenvalue weighted by Gasteiger charge is 2.37. The molecule has 1 aromatic heterocycles. The molecule has 0 fully saturated rings. The normalized spacial score (nSPS) is 13.7. The van der Waals surface area contributed by atoms with E-state index >= 15 is 0 Å². The third-order valence-electron chi connectivity index (χ3n) is 4.97. The summed E-state index contributed by atoms with van der Waals surface area (Å²) >= 11 is 0. The summed E-state index contributed by atoms with van der Waals surface area (Å²) in [5, 5.41) is 2.44. The minimum Gasteiger partial charge on any atom is -0.416 e. The summed E-state index contributed by atoms with van der Waals surface area (Å²) < 4.78 is 102. The molecule has 0 saturated carbocycles. The standard InChI is InChI=1S/C22H20F5N3O5S/c1-11(22(25,26)27)13-5-4-6-15(7-13)35-21-29-18(10-34-21)20(31)28-12(2)14-8-16(23)19(17(24)9-14)30-36(3,32)33/h4-12,30H,1-3H3,(H,28,31)/t11?,12-/m1/s1. The van der Waals surface area contributed by atoms with E-state index in [0.717, 1.165) is 37.6 Å². The molecule has 14 heteroatoms. The second-order valence-corrected chi connectivity index (χ2v) is 9.61. The first-order chi connectivity index (χ1) is 16.6. The van der Waals surface area contributed by atoms with E-state index in [-0.39, 0.29) is 22.6 Å². The van der Waals surface area contributed by atoms with Crippen molar-refractivity contribution in [2.75, 3.05) is 11.0 Å². The first kappa shape index (κ1) is 26.9. The third kappa shape index (κ3) is 6.71. The number of hydrogen-bond donors (Lipinski definition) is 2. The summed E-state index contributed by atoms with van der Waals surface area (Å²) in [6.07, 6.45) is -3.20. The molecular formula is C22H20F5N3O5S. The zero-order valence-corrected chi connectivity index (χ0v) is 19.8. The number of halogens is 5. The number of anilines is 1. The van der Waals surface area contributed by atoms with E-state index < -0.39 is 57.5 Å². The van der Waals surface area contributed by atoms with Gasteiger partial charge in [-0.2, -0.15) is 18.2 Å². The number of carbonyl (C=O) groups is 1. The van der Waals surface area contributed by atoms with Crippen molar-refractivity contribution in [2.24, 2.45) is 0 Å². The average molecular weight is 533 g/mol. The van der Waals surface area contributed by atoms with E-state index in [1.807, 2.05) is 0 Å². The van der Waals surface area contributed by atoms with Gasteiger partial charge in [-0.1, -0.05) is 12.1 Å². The van der Waals surface area contributed by atoms with Crippen LogP contribution in [0.15, 0.2) is 47.1 Å². The van der Waals surface area contributed by atoms with Crippen LogP contribution in [-0.2, 0) is 10.0 Å². The van der Waals surface area contributed by atoms with Crippen molar-refractivity contribution >= 4 is 21.6 Å². The summed E-state index contributed by atoms with van der Waals surface area (Å²) in [7, 11) is -3.92. The highest BCUT2D eigenvalue weighted by Crippen LogP contribution is 2.36. The third-order valence-corrected chi connectivity index (χ3v) is 5.54. The van der Waals surface area contributed by atoms with Crippen molar-refractivity contribution in [3.63, 3.8) is 0 Å². The molecule has 1 amide bonds. The maximum absolute atomic E-state index is 14.2. The van der Waals surface area contributed by atoms with E-state index in [9.17, 15) is 35.2 Å². The number of carbonyl (C=O) groups excluding carboxylic acids is 1. The molecule has 194 valence electrons. The Balaban J connectivity index is 1.69. The zero-order valence-electron chi connectivity index (χ0n) is 19.0. The van der Waals surface area contributed by atoms with Crippen LogP contribution >= 0.6 is 0 Å². The second kappa shape index (κ2) is 10.1. The van der Waals surface area contributed by atoms with Crippen molar-refractivity contribution in [3.05, 3.63) is 71.1 Å². The molecular weight excluding hydrogens is 513 g/mol. The number of nitrogens with zero attached hydrogens (tertiary/aromatic N) is 1. The fraction of sp³-hybridized carbons (Fsp3) is 0.273. The fourth-order valence-electron chi connectivity index (χ4n) is 3.03. The number of benzene rings is 2. The molecule has 3 rings (SSSR count). The first-order valence-corrected chi connectivity index (χ1v) is 12.1. The van der Waals surface area contributed by atoms with Gasteiger partial charge in [0.2, 0.25) is 10.0 Å². The topological polar surface area (TPSA) is 111 Å². The van der Waals surface area contributed by atoms with Crippen LogP contribution in [0.3, 0.4) is 0 Å². The van der Waals surface area contributed by atoms with Gasteiger partial charge in [-0.05, 0) is 49.2 Å². The molecule has 1 unspecified atom stereocenters. The smallest absolute Gasteiger partial charge is 0.399 e. The van der Waals surface area contributed by atoms with Crippen LogP contribution in [0.1, 0.15) is 47.4 Å². The summed E-state index contributed by atoms with van der Waals surface area (Å²) in [4.78, 5) is 16.3. The summed E-state index contributed by atoms with van der Waals surface area (Å²) in [6, 6.07) is 5.97. The van der Waals surface area contributed by atoms with E-state index in [4.69, 9.17) is 9.15 Å². The molecule has 2 aromatic carbocycles. The molecule has 36 heavy (non-hydrogen) atoms. The maximum atomic E-state index is 14.2. The van der Waals surface area contributed by atoms with E-state index in [1.165, 1.54) is 25.1 Å². The van der Waals surface area contributed by atoms with Gasteiger partial charge in [0.15, 0.2) is 17.3 Å². The van der Waals surface area contributed by atoms with Crippen LogP contribution in [0.5, 0.6) is 11.8 Å². The Kier molecular flexibility index (Phi) is 7.57. The lowest BCUT2D eigenvalue weighted by Crippen LogP contribution is -2.27. The summed E-state index contributed by atoms with van der Waals surface area (Å²) in [6.45, 7) is 2.42. The Morgan fingerprint density at radius 2 is 1.72 bits per heavy atom. The zero-order chi connectivity index (χ0) is 26.8. The number of alkyl halides is 3. The van der Waals surface area contributed by atoms with Crippen molar-refractivity contribution < 1.29 is 44.3 Å². The average Bonchev–Trinajstić information content (AvgIpc) is 3.23. The predicted molar refractivity (Wildman–Crippen MR) is 118 cm³/mol. The van der Waals surface area contributed by atoms with Crippen LogP contribution in [-0.4, -0.2) is 31.7 Å². The number of ether oxygens (including phenoxy) is 1. The molecule has 3 aromatic rings. The quantitative estimate of drug-likeness (QED) is 0.382. The van der Waals surface area contributed by atoms with Crippen LogP contribution < -0.4 is 14.8 Å². The number of oxazole rings is 1. The molecule has 1 heterocycles. The van der Waals surface area contributed by atoms with Gasteiger partial charge in [-0.15, -0.1) is 0 Å². The Labute approximate surface area is 202 Å². The van der Waals surface area contributed by atoms with Crippen LogP contribution in [0.2, 0.25) is 0 Å². The second-order valence-electron chi connectivity index (χ2n) is 7.87. The van der Waals surface area contributed by atoms with Crippen molar-refractivity contribution in [1.82, 2.24) is 10.3 Å². The number of hydrogen-bond acceptors (Lipinski definition) is 6. The molecule has 0 aliphatic heterocycles. The lowest BCUT2D eigenvalue weighted by molar-refractivity contribution is -0.146. The first-order valence-electron chi connectivity index (χ1n) is 10.2. The minimum absolute atomic E-state index is 0.000445. The number of aromatic nitrogens is 1. The molecule has 0 spiro atoms. The largest absolute Gasteiger partial charge is 0.416 e. The van der Waals surface area contributed by atoms with E-state index in [0.29, 0.717) is 0 Å². The van der Waals surface area contributed by atoms with Gasteiger partial charge in [0.25, 0.3) is 5.91 Å². The fourth-order valence-corrected chi connectivity index (χ4v) is 3.59. The van der Waals surface area contributed by atoms with Crippen LogP contribution in [0.4, 0.5) is 27.6 Å². The lowest BCUT2D eigenvalue weighted by Gasteiger charge is -2.16. The molecule has 0 aliphatic carbocycles. The van der Waals surface area contributed by atoms with Gasteiger partial charge >= 0.3 is 12.3 Å².